The molecule has 5 rings (SSSR count). The molecule has 0 spiro atoms. The van der Waals surface area contributed by atoms with Crippen molar-refractivity contribution in [1.29, 1.82) is 0 Å². The Bertz CT molecular complexity index is 1210. The summed E-state index contributed by atoms with van der Waals surface area (Å²) < 4.78 is 5.52. The van der Waals surface area contributed by atoms with E-state index < -0.39 is 57.0 Å². The van der Waals surface area contributed by atoms with Crippen LogP contribution in [0.4, 0.5) is 0 Å². The van der Waals surface area contributed by atoms with Crippen LogP contribution in [0.5, 0.6) is 11.5 Å². The number of benzene rings is 1. The van der Waals surface area contributed by atoms with Gasteiger partial charge in [0.15, 0.2) is 21.2 Å². The van der Waals surface area contributed by atoms with Crippen LogP contribution < -0.4 is 4.74 Å². The highest BCUT2D eigenvalue weighted by atomic mass is 79.9. The fourth-order valence-corrected chi connectivity index (χ4v) is 7.52. The van der Waals surface area contributed by atoms with Crippen LogP contribution in [0.25, 0.3) is 0 Å². The third-order valence-electron chi connectivity index (χ3n) is 7.61. The first kappa shape index (κ1) is 24.5. The summed E-state index contributed by atoms with van der Waals surface area (Å²) in [7, 11) is 0. The van der Waals surface area contributed by atoms with Crippen LogP contribution >= 0.6 is 39.1 Å². The smallest absolute Gasteiger partial charge is 0.257 e. The van der Waals surface area contributed by atoms with Gasteiger partial charge in [0.1, 0.15) is 0 Å². The third-order valence-corrected chi connectivity index (χ3v) is 9.52. The van der Waals surface area contributed by atoms with E-state index in [2.05, 4.69) is 15.9 Å². The Hall–Kier alpha value is -2.14. The predicted molar refractivity (Wildman–Crippen MR) is 126 cm³/mol. The van der Waals surface area contributed by atoms with E-state index in [0.29, 0.717) is 11.1 Å². The van der Waals surface area contributed by atoms with Crippen molar-refractivity contribution < 1.29 is 34.2 Å². The normalized spacial score (nSPS) is 36.2. The number of carbonyl (C=O) groups is 4. The summed E-state index contributed by atoms with van der Waals surface area (Å²) >= 11 is 17.3. The largest absolute Gasteiger partial charge is 0.504 e. The van der Waals surface area contributed by atoms with Crippen molar-refractivity contribution in [2.24, 2.45) is 17.8 Å². The summed E-state index contributed by atoms with van der Waals surface area (Å²) in [6, 6.07) is 4.50. The van der Waals surface area contributed by atoms with Crippen molar-refractivity contribution in [3.05, 3.63) is 35.4 Å². The van der Waals surface area contributed by atoms with Gasteiger partial charge in [0, 0.05) is 5.92 Å². The fraction of sp³-hybridized carbons (Fsp3) is 0.478. The molecule has 1 saturated carbocycles. The van der Waals surface area contributed by atoms with Crippen LogP contribution in [-0.2, 0) is 19.2 Å². The molecule has 12 heteroatoms. The third kappa shape index (κ3) is 3.03. The van der Waals surface area contributed by atoms with E-state index in [0.717, 1.165) is 4.90 Å². The highest BCUT2D eigenvalue weighted by Gasteiger charge is 2.76. The molecule has 2 aliphatic carbocycles. The molecule has 3 fully saturated rings. The number of rotatable bonds is 4. The van der Waals surface area contributed by atoms with Gasteiger partial charge in [-0.1, -0.05) is 33.6 Å². The van der Waals surface area contributed by atoms with E-state index in [4.69, 9.17) is 27.9 Å². The lowest BCUT2D eigenvalue weighted by Gasteiger charge is -2.50. The molecule has 0 radical (unpaired) electrons. The van der Waals surface area contributed by atoms with Gasteiger partial charge in [0.05, 0.1) is 23.9 Å². The Kier molecular flexibility index (Phi) is 5.75. The fourth-order valence-electron chi connectivity index (χ4n) is 6.09. The van der Waals surface area contributed by atoms with Crippen molar-refractivity contribution in [3.63, 3.8) is 0 Å². The Morgan fingerprint density at radius 3 is 2.51 bits per heavy atom. The lowest BCUT2D eigenvalue weighted by molar-refractivity contribution is -0.173. The molecule has 6 atom stereocenters. The Morgan fingerprint density at radius 2 is 1.86 bits per heavy atom. The zero-order valence-electron chi connectivity index (χ0n) is 18.4. The average molecular weight is 588 g/mol. The maximum Gasteiger partial charge on any atom is 0.257 e. The summed E-state index contributed by atoms with van der Waals surface area (Å²) in [6.07, 6.45) is 1.74. The molecule has 1 aromatic rings. The number of allylic oxidation sites excluding steroid dienone is 2. The molecule has 4 aliphatic rings. The van der Waals surface area contributed by atoms with E-state index in [1.807, 2.05) is 0 Å². The molecule has 0 aromatic heterocycles. The van der Waals surface area contributed by atoms with Gasteiger partial charge in [-0.15, -0.1) is 23.2 Å². The number of likely N-dealkylation sites (tertiary alicyclic amines) is 1. The van der Waals surface area contributed by atoms with Gasteiger partial charge in [-0.25, -0.2) is 0 Å². The molecular weight excluding hydrogens is 567 g/mol. The van der Waals surface area contributed by atoms with E-state index in [1.54, 1.807) is 19.1 Å². The quantitative estimate of drug-likeness (QED) is 0.182. The SMILES string of the molecule is CCOc1cc([C@H]2C3=CC[C@@H]4C(=O)N(O)C(=O)[C@@H]4[C@@H]3C[C@@]3(Cl)C(=O)N(CBr)C(=O)[C@@]23Cl)ccc1O. The summed E-state index contributed by atoms with van der Waals surface area (Å²) in [5.74, 6) is -6.29. The van der Waals surface area contributed by atoms with Gasteiger partial charge < -0.3 is 9.84 Å². The molecule has 1 aromatic carbocycles. The predicted octanol–water partition coefficient (Wildman–Crippen LogP) is 2.89. The van der Waals surface area contributed by atoms with Crippen LogP contribution in [0.2, 0.25) is 0 Å². The molecule has 2 aliphatic heterocycles. The zero-order valence-corrected chi connectivity index (χ0v) is 21.5. The second-order valence-electron chi connectivity index (χ2n) is 9.13. The number of imide groups is 2. The number of phenolic OH excluding ortho intramolecular Hbond substituents is 1. The van der Waals surface area contributed by atoms with E-state index in [9.17, 15) is 29.5 Å². The Morgan fingerprint density at radius 1 is 1.14 bits per heavy atom. The first-order chi connectivity index (χ1) is 16.5. The van der Waals surface area contributed by atoms with Gasteiger partial charge in [0.2, 0.25) is 0 Å². The number of aromatic hydroxyl groups is 1. The molecule has 0 unspecified atom stereocenters. The monoisotopic (exact) mass is 586 g/mol. The number of nitrogens with zero attached hydrogens (tertiary/aromatic N) is 2. The highest BCUT2D eigenvalue weighted by molar-refractivity contribution is 9.09. The molecule has 2 N–H and O–H groups in total. The summed E-state index contributed by atoms with van der Waals surface area (Å²) in [5, 5.41) is 20.4. The van der Waals surface area contributed by atoms with E-state index in [1.165, 1.54) is 12.1 Å². The van der Waals surface area contributed by atoms with E-state index in [-0.39, 0.29) is 41.5 Å². The number of alkyl halides is 3. The lowest BCUT2D eigenvalue weighted by atomic mass is 9.56. The minimum atomic E-state index is -1.94. The van der Waals surface area contributed by atoms with Crippen molar-refractivity contribution in [2.45, 2.75) is 35.4 Å². The maximum atomic E-state index is 13.6. The van der Waals surface area contributed by atoms with Crippen molar-refractivity contribution >= 4 is 62.8 Å². The molecular formula is C23H21BrCl2N2O7. The number of halogens is 3. The molecule has 4 amide bonds. The van der Waals surface area contributed by atoms with Crippen LogP contribution in [0, 0.1) is 17.8 Å². The second-order valence-corrected chi connectivity index (χ2v) is 10.9. The number of carbonyl (C=O) groups excluding carboxylic acids is 4. The number of hydrogen-bond acceptors (Lipinski definition) is 7. The number of phenols is 1. The van der Waals surface area contributed by atoms with E-state index >= 15 is 0 Å². The molecule has 2 heterocycles. The van der Waals surface area contributed by atoms with Gasteiger partial charge in [-0.05, 0) is 43.4 Å². The number of fused-ring (bicyclic) bond motifs is 4. The molecule has 35 heavy (non-hydrogen) atoms. The zero-order chi connectivity index (χ0) is 25.4. The number of ether oxygens (including phenoxy) is 1. The molecule has 9 nitrogen and oxygen atoms in total. The minimum Gasteiger partial charge on any atom is -0.504 e. The number of hydroxylamine groups is 2. The Balaban J connectivity index is 1.75. The first-order valence-electron chi connectivity index (χ1n) is 11.0. The van der Waals surface area contributed by atoms with Gasteiger partial charge in [-0.2, -0.15) is 5.06 Å². The standard InChI is InChI=1S/C23H21BrCl2N2O7/c1-2-35-15-7-10(3-6-14(15)29)17-11-4-5-12-16(19(31)28(34)18(12)30)13(11)8-22(25)20(32)27(9-24)21(33)23(17,22)26/h3-4,6-7,12-13,16-17,29,34H,2,5,8-9H2,1H3/t12-,13+,16-,17-,22+,23-/m0/s1. The molecule has 2 saturated heterocycles. The van der Waals surface area contributed by atoms with Crippen LogP contribution in [0.1, 0.15) is 31.2 Å². The molecule has 0 bridgehead atoms. The van der Waals surface area contributed by atoms with Crippen molar-refractivity contribution in [2.75, 3.05) is 12.1 Å². The summed E-state index contributed by atoms with van der Waals surface area (Å²) in [4.78, 5) is 49.5. The maximum absolute atomic E-state index is 13.6. The van der Waals surface area contributed by atoms with Gasteiger partial charge in [-0.3, -0.25) is 29.3 Å². The van der Waals surface area contributed by atoms with Crippen molar-refractivity contribution in [3.8, 4) is 11.5 Å². The number of hydrogen-bond donors (Lipinski definition) is 2. The highest BCUT2D eigenvalue weighted by Crippen LogP contribution is 2.65. The second kappa shape index (κ2) is 8.19. The van der Waals surface area contributed by atoms with Crippen LogP contribution in [0.15, 0.2) is 29.8 Å². The lowest BCUT2D eigenvalue weighted by Crippen LogP contribution is -2.60. The summed E-state index contributed by atoms with van der Waals surface area (Å²) in [6.45, 7) is 2.01. The van der Waals surface area contributed by atoms with Crippen molar-refractivity contribution in [1.82, 2.24) is 9.96 Å². The Labute approximate surface area is 218 Å². The minimum absolute atomic E-state index is 0.121. The van der Waals surface area contributed by atoms with Gasteiger partial charge >= 0.3 is 0 Å². The topological polar surface area (TPSA) is 124 Å². The first-order valence-corrected chi connectivity index (χ1v) is 12.9. The van der Waals surface area contributed by atoms with Crippen LogP contribution in [-0.4, -0.2) is 65.7 Å². The summed E-state index contributed by atoms with van der Waals surface area (Å²) in [5.41, 5.74) is 0.910. The average Bonchev–Trinajstić information content (AvgIpc) is 3.14. The van der Waals surface area contributed by atoms with Crippen LogP contribution in [0.3, 0.4) is 0 Å². The van der Waals surface area contributed by atoms with Gasteiger partial charge in [0.25, 0.3) is 23.6 Å². The molecule has 186 valence electrons. The number of amides is 4.